The maximum Gasteiger partial charge on any atom is 0.335 e. The van der Waals surface area contributed by atoms with Crippen molar-refractivity contribution in [1.82, 2.24) is 5.32 Å². The Labute approximate surface area is 166 Å². The van der Waals surface area contributed by atoms with Gasteiger partial charge in [-0.1, -0.05) is 19.3 Å². The molecule has 2 aliphatic carbocycles. The molecule has 3 rings (SSSR count). The molecule has 0 saturated heterocycles. The Morgan fingerprint density at radius 2 is 1.54 bits per heavy atom. The Morgan fingerprint density at radius 3 is 2.14 bits per heavy atom. The van der Waals surface area contributed by atoms with Crippen LogP contribution in [-0.2, 0) is 9.59 Å². The van der Waals surface area contributed by atoms with Crippen LogP contribution in [0.4, 0.5) is 5.69 Å². The van der Waals surface area contributed by atoms with Gasteiger partial charge in [0.05, 0.1) is 5.56 Å². The van der Waals surface area contributed by atoms with Crippen LogP contribution in [0.15, 0.2) is 24.3 Å². The Hall–Kier alpha value is -2.37. The molecule has 6 heteroatoms. The average Bonchev–Trinajstić information content (AvgIpc) is 2.69. The van der Waals surface area contributed by atoms with Gasteiger partial charge in [0.1, 0.15) is 0 Å². The number of carboxylic acid groups (broad SMARTS) is 1. The van der Waals surface area contributed by atoms with Crippen molar-refractivity contribution in [2.24, 2.45) is 11.8 Å². The molecular weight excluding hydrogens is 356 g/mol. The van der Waals surface area contributed by atoms with Crippen molar-refractivity contribution < 1.29 is 19.5 Å². The van der Waals surface area contributed by atoms with Gasteiger partial charge >= 0.3 is 5.97 Å². The molecule has 2 aliphatic rings. The molecule has 0 aliphatic heterocycles. The van der Waals surface area contributed by atoms with E-state index in [0.29, 0.717) is 18.0 Å². The Bertz CT molecular complexity index is 687. The van der Waals surface area contributed by atoms with Gasteiger partial charge < -0.3 is 15.7 Å². The quantitative estimate of drug-likeness (QED) is 0.689. The Balaban J connectivity index is 1.39. The Kier molecular flexibility index (Phi) is 7.06. The second-order valence-corrected chi connectivity index (χ2v) is 8.20. The van der Waals surface area contributed by atoms with Gasteiger partial charge in [-0.2, -0.15) is 0 Å². The van der Waals surface area contributed by atoms with Crippen LogP contribution in [0.5, 0.6) is 0 Å². The first kappa shape index (κ1) is 20.4. The van der Waals surface area contributed by atoms with Gasteiger partial charge in [0.25, 0.3) is 0 Å². The molecule has 1 aromatic rings. The predicted molar refractivity (Wildman–Crippen MR) is 107 cm³/mol. The maximum atomic E-state index is 12.5. The molecule has 0 bridgehead atoms. The third-order valence-electron chi connectivity index (χ3n) is 6.06. The molecule has 0 atom stereocenters. The fourth-order valence-electron chi connectivity index (χ4n) is 4.38. The molecule has 1 aromatic carbocycles. The first-order valence-corrected chi connectivity index (χ1v) is 10.4. The van der Waals surface area contributed by atoms with Gasteiger partial charge in [0.2, 0.25) is 11.8 Å². The monoisotopic (exact) mass is 386 g/mol. The molecule has 152 valence electrons. The third kappa shape index (κ3) is 5.81. The zero-order valence-electron chi connectivity index (χ0n) is 16.3. The first-order chi connectivity index (χ1) is 13.5. The number of hydrogen-bond donors (Lipinski definition) is 3. The number of carbonyl (C=O) groups excluding carboxylic acids is 2. The summed E-state index contributed by atoms with van der Waals surface area (Å²) in [6, 6.07) is 6.36. The van der Waals surface area contributed by atoms with Crippen LogP contribution in [0.25, 0.3) is 0 Å². The number of aromatic carboxylic acids is 1. The molecule has 2 amide bonds. The number of hydrogen-bond acceptors (Lipinski definition) is 3. The van der Waals surface area contributed by atoms with Crippen LogP contribution in [0.3, 0.4) is 0 Å². The van der Waals surface area contributed by atoms with Gasteiger partial charge in [0.15, 0.2) is 0 Å². The molecule has 0 heterocycles. The summed E-state index contributed by atoms with van der Waals surface area (Å²) < 4.78 is 0. The van der Waals surface area contributed by atoms with E-state index >= 15 is 0 Å². The van der Waals surface area contributed by atoms with E-state index in [1.807, 2.05) is 0 Å². The number of amides is 2. The number of benzene rings is 1. The summed E-state index contributed by atoms with van der Waals surface area (Å²) in [5.74, 6) is -0.371. The number of rotatable bonds is 6. The van der Waals surface area contributed by atoms with Crippen molar-refractivity contribution in [1.29, 1.82) is 0 Å². The number of carboxylic acids is 1. The SMILES string of the molecule is O=C(CC1CCCCC1)NC1CCC(C(=O)Nc2ccc(C(=O)O)cc2)CC1. The fraction of sp³-hybridized carbons (Fsp3) is 0.591. The van der Waals surface area contributed by atoms with Crippen LogP contribution in [0.1, 0.15) is 74.6 Å². The second kappa shape index (κ2) is 9.71. The number of carbonyl (C=O) groups is 3. The van der Waals surface area contributed by atoms with Gasteiger partial charge in [-0.25, -0.2) is 4.79 Å². The van der Waals surface area contributed by atoms with Crippen LogP contribution in [0, 0.1) is 11.8 Å². The second-order valence-electron chi connectivity index (χ2n) is 8.20. The van der Waals surface area contributed by atoms with Crippen molar-refractivity contribution in [3.63, 3.8) is 0 Å². The lowest BCUT2D eigenvalue weighted by atomic mass is 9.84. The van der Waals surface area contributed by atoms with Crippen molar-refractivity contribution in [3.8, 4) is 0 Å². The lowest BCUT2D eigenvalue weighted by Crippen LogP contribution is -2.40. The minimum atomic E-state index is -0.985. The fourth-order valence-corrected chi connectivity index (χ4v) is 4.38. The normalized spacial score (nSPS) is 23.0. The lowest BCUT2D eigenvalue weighted by Gasteiger charge is -2.29. The van der Waals surface area contributed by atoms with Crippen LogP contribution < -0.4 is 10.6 Å². The summed E-state index contributed by atoms with van der Waals surface area (Å²) in [7, 11) is 0. The van der Waals surface area contributed by atoms with E-state index in [9.17, 15) is 14.4 Å². The first-order valence-electron chi connectivity index (χ1n) is 10.4. The summed E-state index contributed by atoms with van der Waals surface area (Å²) in [6.45, 7) is 0. The highest BCUT2D eigenvalue weighted by Gasteiger charge is 2.28. The molecule has 0 radical (unpaired) electrons. The summed E-state index contributed by atoms with van der Waals surface area (Å²) >= 11 is 0. The van der Waals surface area contributed by atoms with E-state index in [0.717, 1.165) is 25.7 Å². The molecule has 0 spiro atoms. The zero-order valence-corrected chi connectivity index (χ0v) is 16.3. The molecule has 2 fully saturated rings. The van der Waals surface area contributed by atoms with Crippen LogP contribution >= 0.6 is 0 Å². The molecule has 28 heavy (non-hydrogen) atoms. The van der Waals surface area contributed by atoms with Crippen molar-refractivity contribution in [3.05, 3.63) is 29.8 Å². The van der Waals surface area contributed by atoms with E-state index in [-0.39, 0.29) is 29.3 Å². The van der Waals surface area contributed by atoms with Crippen molar-refractivity contribution in [2.45, 2.75) is 70.3 Å². The zero-order chi connectivity index (χ0) is 19.9. The minimum absolute atomic E-state index is 0.0324. The standard InChI is InChI=1S/C22H30N2O4/c25-20(14-15-4-2-1-3-5-15)23-18-10-6-16(7-11-18)21(26)24-19-12-8-17(9-13-19)22(27)28/h8-9,12-13,15-16,18H,1-7,10-11,14H2,(H,23,25)(H,24,26)(H,27,28). The molecule has 0 unspecified atom stereocenters. The highest BCUT2D eigenvalue weighted by atomic mass is 16.4. The summed E-state index contributed by atoms with van der Waals surface area (Å²) in [4.78, 5) is 35.6. The van der Waals surface area contributed by atoms with E-state index < -0.39 is 5.97 Å². The number of anilines is 1. The topological polar surface area (TPSA) is 95.5 Å². The van der Waals surface area contributed by atoms with Gasteiger partial charge in [-0.15, -0.1) is 0 Å². The van der Waals surface area contributed by atoms with Gasteiger partial charge in [0, 0.05) is 24.1 Å². The molecule has 6 nitrogen and oxygen atoms in total. The van der Waals surface area contributed by atoms with E-state index in [1.54, 1.807) is 12.1 Å². The third-order valence-corrected chi connectivity index (χ3v) is 6.06. The van der Waals surface area contributed by atoms with Gasteiger partial charge in [-0.3, -0.25) is 9.59 Å². The van der Waals surface area contributed by atoms with Crippen LogP contribution in [-0.4, -0.2) is 28.9 Å². The van der Waals surface area contributed by atoms with Crippen molar-refractivity contribution >= 4 is 23.5 Å². The summed E-state index contributed by atoms with van der Waals surface area (Å²) in [6.07, 6.45) is 9.95. The molecular formula is C22H30N2O4. The average molecular weight is 386 g/mol. The highest BCUT2D eigenvalue weighted by molar-refractivity contribution is 5.93. The van der Waals surface area contributed by atoms with E-state index in [1.165, 1.54) is 44.2 Å². The lowest BCUT2D eigenvalue weighted by molar-refractivity contribution is -0.123. The largest absolute Gasteiger partial charge is 0.478 e. The maximum absolute atomic E-state index is 12.5. The van der Waals surface area contributed by atoms with E-state index in [2.05, 4.69) is 10.6 Å². The minimum Gasteiger partial charge on any atom is -0.478 e. The van der Waals surface area contributed by atoms with E-state index in [4.69, 9.17) is 5.11 Å². The molecule has 2 saturated carbocycles. The van der Waals surface area contributed by atoms with Crippen molar-refractivity contribution in [2.75, 3.05) is 5.32 Å². The summed E-state index contributed by atoms with van der Waals surface area (Å²) in [5, 5.41) is 15.0. The summed E-state index contributed by atoms with van der Waals surface area (Å²) in [5.41, 5.74) is 0.806. The van der Waals surface area contributed by atoms with Crippen LogP contribution in [0.2, 0.25) is 0 Å². The molecule has 3 N–H and O–H groups in total. The number of nitrogens with one attached hydrogen (secondary N) is 2. The smallest absolute Gasteiger partial charge is 0.335 e. The predicted octanol–water partition coefficient (Wildman–Crippen LogP) is 3.97. The highest BCUT2D eigenvalue weighted by Crippen LogP contribution is 2.28. The van der Waals surface area contributed by atoms with Gasteiger partial charge in [-0.05, 0) is 68.7 Å². The molecule has 0 aromatic heterocycles. The Morgan fingerprint density at radius 1 is 0.893 bits per heavy atom.